The summed E-state index contributed by atoms with van der Waals surface area (Å²) >= 11 is 0. The summed E-state index contributed by atoms with van der Waals surface area (Å²) in [6, 6.07) is 25.0. The van der Waals surface area contributed by atoms with Gasteiger partial charge in [0.15, 0.2) is 0 Å². The first-order valence-electron chi connectivity index (χ1n) is 7.67. The molecule has 0 aliphatic carbocycles. The lowest BCUT2D eigenvalue weighted by molar-refractivity contribution is -0.114. The third kappa shape index (κ3) is 4.36. The van der Waals surface area contributed by atoms with E-state index in [1.54, 1.807) is 0 Å². The summed E-state index contributed by atoms with van der Waals surface area (Å²) in [5, 5.41) is 6.05. The highest BCUT2D eigenvalue weighted by molar-refractivity contribution is 5.88. The Labute approximate surface area is 141 Å². The van der Waals surface area contributed by atoms with E-state index in [0.717, 1.165) is 28.6 Å². The van der Waals surface area contributed by atoms with Crippen molar-refractivity contribution in [3.8, 4) is 11.5 Å². The number of ether oxygens (including phenoxy) is 1. The predicted octanol–water partition coefficient (Wildman–Crippen LogP) is 5.18. The highest BCUT2D eigenvalue weighted by Crippen LogP contribution is 2.24. The largest absolute Gasteiger partial charge is 0.457 e. The van der Waals surface area contributed by atoms with Crippen molar-refractivity contribution in [2.24, 2.45) is 0 Å². The molecule has 0 aliphatic heterocycles. The molecular formula is C20H18N2O2. The molecule has 0 aliphatic rings. The molecule has 0 heterocycles. The zero-order valence-corrected chi connectivity index (χ0v) is 13.3. The molecule has 0 radical (unpaired) electrons. The van der Waals surface area contributed by atoms with Crippen LogP contribution in [-0.2, 0) is 4.79 Å². The maximum atomic E-state index is 11.0. The SMILES string of the molecule is CC(=O)Nc1ccc(Nc2ccc(Oc3ccccc3)cc2)cc1. The van der Waals surface area contributed by atoms with E-state index < -0.39 is 0 Å². The highest BCUT2D eigenvalue weighted by Gasteiger charge is 2.00. The summed E-state index contributed by atoms with van der Waals surface area (Å²) in [6.07, 6.45) is 0. The Morgan fingerprint density at radius 3 is 1.79 bits per heavy atom. The van der Waals surface area contributed by atoms with E-state index >= 15 is 0 Å². The van der Waals surface area contributed by atoms with Crippen LogP contribution in [0.15, 0.2) is 78.9 Å². The van der Waals surface area contributed by atoms with Crippen LogP contribution in [0.4, 0.5) is 17.1 Å². The van der Waals surface area contributed by atoms with Crippen molar-refractivity contribution >= 4 is 23.0 Å². The van der Waals surface area contributed by atoms with Crippen LogP contribution in [0.2, 0.25) is 0 Å². The van der Waals surface area contributed by atoms with E-state index in [2.05, 4.69) is 10.6 Å². The lowest BCUT2D eigenvalue weighted by Crippen LogP contribution is -2.05. The molecule has 0 saturated heterocycles. The van der Waals surface area contributed by atoms with Crippen molar-refractivity contribution in [2.45, 2.75) is 6.92 Å². The number of carbonyl (C=O) groups is 1. The summed E-state index contributed by atoms with van der Waals surface area (Å²) in [4.78, 5) is 11.0. The number of nitrogens with one attached hydrogen (secondary N) is 2. The number of para-hydroxylation sites is 1. The lowest BCUT2D eigenvalue weighted by atomic mass is 10.2. The van der Waals surface area contributed by atoms with Gasteiger partial charge in [0.2, 0.25) is 5.91 Å². The monoisotopic (exact) mass is 318 g/mol. The van der Waals surface area contributed by atoms with E-state index in [4.69, 9.17) is 4.74 Å². The molecule has 0 saturated carbocycles. The van der Waals surface area contributed by atoms with Gasteiger partial charge in [-0.05, 0) is 60.7 Å². The molecule has 0 aromatic heterocycles. The molecule has 3 rings (SSSR count). The second-order valence-corrected chi connectivity index (χ2v) is 5.32. The Bertz CT molecular complexity index is 797. The molecule has 4 heteroatoms. The summed E-state index contributed by atoms with van der Waals surface area (Å²) < 4.78 is 5.77. The Morgan fingerprint density at radius 1 is 0.708 bits per heavy atom. The van der Waals surface area contributed by atoms with Crippen LogP contribution < -0.4 is 15.4 Å². The smallest absolute Gasteiger partial charge is 0.221 e. The number of hydrogen-bond acceptors (Lipinski definition) is 3. The van der Waals surface area contributed by atoms with Crippen LogP contribution in [0, 0.1) is 0 Å². The van der Waals surface area contributed by atoms with E-state index in [9.17, 15) is 4.79 Å². The molecule has 3 aromatic rings. The molecule has 24 heavy (non-hydrogen) atoms. The first-order valence-corrected chi connectivity index (χ1v) is 7.67. The summed E-state index contributed by atoms with van der Waals surface area (Å²) in [7, 11) is 0. The predicted molar refractivity (Wildman–Crippen MR) is 97.0 cm³/mol. The zero-order valence-electron chi connectivity index (χ0n) is 13.3. The fourth-order valence-corrected chi connectivity index (χ4v) is 2.24. The number of hydrogen-bond donors (Lipinski definition) is 2. The average molecular weight is 318 g/mol. The van der Waals surface area contributed by atoms with E-state index in [1.807, 2.05) is 78.9 Å². The molecule has 0 fully saturated rings. The van der Waals surface area contributed by atoms with Gasteiger partial charge >= 0.3 is 0 Å². The van der Waals surface area contributed by atoms with Gasteiger partial charge in [-0.25, -0.2) is 0 Å². The molecule has 3 aromatic carbocycles. The second-order valence-electron chi connectivity index (χ2n) is 5.32. The average Bonchev–Trinajstić information content (AvgIpc) is 2.59. The Hall–Kier alpha value is -3.27. The topological polar surface area (TPSA) is 50.4 Å². The van der Waals surface area contributed by atoms with Gasteiger partial charge in [-0.1, -0.05) is 18.2 Å². The maximum Gasteiger partial charge on any atom is 0.221 e. The number of carbonyl (C=O) groups excluding carboxylic acids is 1. The number of anilines is 3. The Morgan fingerprint density at radius 2 is 1.21 bits per heavy atom. The standard InChI is InChI=1S/C20H18N2O2/c1-15(23)21-16-7-9-17(10-8-16)22-18-11-13-20(14-12-18)24-19-5-3-2-4-6-19/h2-14,22H,1H3,(H,21,23). The quantitative estimate of drug-likeness (QED) is 0.681. The van der Waals surface area contributed by atoms with Gasteiger partial charge in [0, 0.05) is 24.0 Å². The van der Waals surface area contributed by atoms with Crippen LogP contribution in [-0.4, -0.2) is 5.91 Å². The first-order chi connectivity index (χ1) is 11.7. The molecule has 0 unspecified atom stereocenters. The van der Waals surface area contributed by atoms with Crippen molar-refractivity contribution < 1.29 is 9.53 Å². The van der Waals surface area contributed by atoms with Gasteiger partial charge in [-0.3, -0.25) is 4.79 Å². The van der Waals surface area contributed by atoms with Crippen LogP contribution in [0.5, 0.6) is 11.5 Å². The Balaban J connectivity index is 1.62. The lowest BCUT2D eigenvalue weighted by Gasteiger charge is -2.09. The van der Waals surface area contributed by atoms with Crippen molar-refractivity contribution in [2.75, 3.05) is 10.6 Å². The summed E-state index contributed by atoms with van der Waals surface area (Å²) in [5.74, 6) is 1.52. The van der Waals surface area contributed by atoms with Gasteiger partial charge in [0.1, 0.15) is 11.5 Å². The van der Waals surface area contributed by atoms with E-state index in [-0.39, 0.29) is 5.91 Å². The van der Waals surface area contributed by atoms with Crippen LogP contribution in [0.3, 0.4) is 0 Å². The second kappa shape index (κ2) is 7.33. The van der Waals surface area contributed by atoms with Crippen molar-refractivity contribution in [3.63, 3.8) is 0 Å². The highest BCUT2D eigenvalue weighted by atomic mass is 16.5. The zero-order chi connectivity index (χ0) is 16.8. The molecular weight excluding hydrogens is 300 g/mol. The molecule has 4 nitrogen and oxygen atoms in total. The number of amides is 1. The van der Waals surface area contributed by atoms with E-state index in [1.165, 1.54) is 6.92 Å². The molecule has 0 bridgehead atoms. The minimum atomic E-state index is -0.0790. The van der Waals surface area contributed by atoms with Crippen molar-refractivity contribution in [1.82, 2.24) is 0 Å². The third-order valence-electron chi connectivity index (χ3n) is 3.33. The third-order valence-corrected chi connectivity index (χ3v) is 3.33. The first kappa shape index (κ1) is 15.6. The summed E-state index contributed by atoms with van der Waals surface area (Å²) in [6.45, 7) is 1.49. The van der Waals surface area contributed by atoms with Gasteiger partial charge in [0.05, 0.1) is 0 Å². The molecule has 0 spiro atoms. The fourth-order valence-electron chi connectivity index (χ4n) is 2.24. The fraction of sp³-hybridized carbons (Fsp3) is 0.0500. The van der Waals surface area contributed by atoms with Crippen LogP contribution in [0.1, 0.15) is 6.92 Å². The van der Waals surface area contributed by atoms with Gasteiger partial charge in [0.25, 0.3) is 0 Å². The number of benzene rings is 3. The van der Waals surface area contributed by atoms with E-state index in [0.29, 0.717) is 0 Å². The van der Waals surface area contributed by atoms with Crippen molar-refractivity contribution in [3.05, 3.63) is 78.9 Å². The van der Waals surface area contributed by atoms with Gasteiger partial charge in [-0.15, -0.1) is 0 Å². The summed E-state index contributed by atoms with van der Waals surface area (Å²) in [5.41, 5.74) is 2.68. The minimum absolute atomic E-state index is 0.0790. The van der Waals surface area contributed by atoms with Crippen LogP contribution >= 0.6 is 0 Å². The van der Waals surface area contributed by atoms with Gasteiger partial charge in [-0.2, -0.15) is 0 Å². The van der Waals surface area contributed by atoms with Crippen LogP contribution in [0.25, 0.3) is 0 Å². The molecule has 2 N–H and O–H groups in total. The normalized spacial score (nSPS) is 10.0. The Kier molecular flexibility index (Phi) is 4.77. The van der Waals surface area contributed by atoms with Gasteiger partial charge < -0.3 is 15.4 Å². The molecule has 0 atom stereocenters. The maximum absolute atomic E-state index is 11.0. The minimum Gasteiger partial charge on any atom is -0.457 e. The molecule has 1 amide bonds. The number of rotatable bonds is 5. The van der Waals surface area contributed by atoms with Crippen molar-refractivity contribution in [1.29, 1.82) is 0 Å². The molecule has 120 valence electrons.